The smallest absolute Gasteiger partial charge is 0.255 e. The van der Waals surface area contributed by atoms with E-state index in [1.165, 1.54) is 5.56 Å². The zero-order valence-corrected chi connectivity index (χ0v) is 21.4. The van der Waals surface area contributed by atoms with E-state index in [1.54, 1.807) is 6.20 Å². The van der Waals surface area contributed by atoms with Gasteiger partial charge >= 0.3 is 0 Å². The van der Waals surface area contributed by atoms with Gasteiger partial charge < -0.3 is 9.80 Å². The predicted molar refractivity (Wildman–Crippen MR) is 137 cm³/mol. The van der Waals surface area contributed by atoms with Crippen molar-refractivity contribution in [1.29, 1.82) is 0 Å². The van der Waals surface area contributed by atoms with E-state index in [-0.39, 0.29) is 23.4 Å². The highest BCUT2D eigenvalue weighted by atomic mass is 16.2. The van der Waals surface area contributed by atoms with E-state index >= 15 is 0 Å². The quantitative estimate of drug-likeness (QED) is 0.630. The molecule has 2 aliphatic heterocycles. The van der Waals surface area contributed by atoms with Gasteiger partial charge in [0, 0.05) is 56.4 Å². The highest BCUT2D eigenvalue weighted by molar-refractivity contribution is 5.96. The van der Waals surface area contributed by atoms with E-state index in [0.29, 0.717) is 12.5 Å². The van der Waals surface area contributed by atoms with E-state index in [9.17, 15) is 9.59 Å². The lowest BCUT2D eigenvalue weighted by molar-refractivity contribution is -0.135. The molecular formula is C29H38N4O2. The Balaban J connectivity index is 1.23. The van der Waals surface area contributed by atoms with Crippen LogP contribution >= 0.6 is 0 Å². The standard InChI is InChI=1S/C29H38N4O2/c1-21-11-15-30-22(2)26(21)28(35)31-17-13-29(3,14-18-31)32-16-12-25(20-32)33(27(34)24-9-10-24)19-23-7-5-4-6-8-23/h4-8,11,15,24-25H,9-10,12-14,16-20H2,1-3H3/t25-/m1/s1. The molecule has 1 aliphatic carbocycles. The van der Waals surface area contributed by atoms with Gasteiger partial charge in [0.1, 0.15) is 0 Å². The van der Waals surface area contributed by atoms with E-state index in [4.69, 9.17) is 0 Å². The Morgan fingerprint density at radius 1 is 1.03 bits per heavy atom. The van der Waals surface area contributed by atoms with Crippen LogP contribution in [-0.4, -0.2) is 69.3 Å². The molecule has 186 valence electrons. The van der Waals surface area contributed by atoms with Gasteiger partial charge in [-0.15, -0.1) is 0 Å². The second-order valence-electron chi connectivity index (χ2n) is 11.0. The number of hydrogen-bond donors (Lipinski definition) is 0. The van der Waals surface area contributed by atoms with Crippen LogP contribution in [0.2, 0.25) is 0 Å². The van der Waals surface area contributed by atoms with Gasteiger partial charge in [-0.05, 0) is 70.1 Å². The Labute approximate surface area is 209 Å². The van der Waals surface area contributed by atoms with E-state index in [2.05, 4.69) is 46.0 Å². The Hall–Kier alpha value is -2.73. The number of pyridine rings is 1. The largest absolute Gasteiger partial charge is 0.338 e. The molecule has 0 radical (unpaired) electrons. The van der Waals surface area contributed by atoms with Gasteiger partial charge in [-0.3, -0.25) is 19.5 Å². The van der Waals surface area contributed by atoms with Gasteiger partial charge in [0.25, 0.3) is 5.91 Å². The maximum atomic E-state index is 13.3. The van der Waals surface area contributed by atoms with Crippen molar-refractivity contribution in [1.82, 2.24) is 19.7 Å². The molecule has 1 saturated carbocycles. The van der Waals surface area contributed by atoms with Crippen molar-refractivity contribution < 1.29 is 9.59 Å². The van der Waals surface area contributed by atoms with Crippen molar-refractivity contribution in [2.24, 2.45) is 5.92 Å². The molecule has 6 heteroatoms. The molecule has 1 atom stereocenters. The fraction of sp³-hybridized carbons (Fsp3) is 0.552. The molecular weight excluding hydrogens is 436 g/mol. The zero-order valence-electron chi connectivity index (χ0n) is 21.4. The van der Waals surface area contributed by atoms with Crippen LogP contribution in [0.1, 0.15) is 66.2 Å². The molecule has 5 rings (SSSR count). The summed E-state index contributed by atoms with van der Waals surface area (Å²) in [5.74, 6) is 0.684. The summed E-state index contributed by atoms with van der Waals surface area (Å²) in [5.41, 5.74) is 3.83. The molecule has 0 N–H and O–H groups in total. The topological polar surface area (TPSA) is 56.8 Å². The number of carbonyl (C=O) groups excluding carboxylic acids is 2. The first-order valence-corrected chi connectivity index (χ1v) is 13.2. The molecule has 3 fully saturated rings. The molecule has 1 aromatic carbocycles. The molecule has 0 bridgehead atoms. The molecule has 1 aromatic heterocycles. The number of likely N-dealkylation sites (tertiary alicyclic amines) is 2. The third-order valence-electron chi connectivity index (χ3n) is 8.46. The average Bonchev–Trinajstić information content (AvgIpc) is 3.59. The van der Waals surface area contributed by atoms with Crippen molar-refractivity contribution >= 4 is 11.8 Å². The third kappa shape index (κ3) is 4.99. The van der Waals surface area contributed by atoms with Crippen LogP contribution in [0, 0.1) is 19.8 Å². The van der Waals surface area contributed by atoms with Gasteiger partial charge in [0.15, 0.2) is 0 Å². The van der Waals surface area contributed by atoms with Crippen molar-refractivity contribution in [2.45, 2.75) is 71.0 Å². The SMILES string of the molecule is Cc1ccnc(C)c1C(=O)N1CCC(C)(N2CC[C@@H](N(Cc3ccccc3)C(=O)C3CC3)C2)CC1. The summed E-state index contributed by atoms with van der Waals surface area (Å²) >= 11 is 0. The maximum Gasteiger partial charge on any atom is 0.255 e. The molecule has 6 nitrogen and oxygen atoms in total. The first-order valence-electron chi connectivity index (χ1n) is 13.2. The number of hydrogen-bond acceptors (Lipinski definition) is 4. The number of piperidine rings is 1. The lowest BCUT2D eigenvalue weighted by Crippen LogP contribution is -2.54. The van der Waals surface area contributed by atoms with Crippen LogP contribution in [-0.2, 0) is 11.3 Å². The second kappa shape index (κ2) is 9.73. The minimum absolute atomic E-state index is 0.0611. The monoisotopic (exact) mass is 474 g/mol. The number of amides is 2. The minimum atomic E-state index is 0.0611. The fourth-order valence-electron chi connectivity index (χ4n) is 5.90. The number of aryl methyl sites for hydroxylation is 2. The number of benzene rings is 1. The summed E-state index contributed by atoms with van der Waals surface area (Å²) in [6.07, 6.45) is 6.79. The normalized spacial score (nSPS) is 22.3. The molecule has 2 amide bonds. The van der Waals surface area contributed by atoms with Crippen molar-refractivity contribution in [2.75, 3.05) is 26.2 Å². The zero-order chi connectivity index (χ0) is 24.6. The highest BCUT2D eigenvalue weighted by Crippen LogP contribution is 2.37. The average molecular weight is 475 g/mol. The molecule has 3 aliphatic rings. The van der Waals surface area contributed by atoms with E-state index < -0.39 is 0 Å². The van der Waals surface area contributed by atoms with Crippen molar-refractivity contribution in [3.05, 3.63) is 65.0 Å². The van der Waals surface area contributed by atoms with Crippen molar-refractivity contribution in [3.63, 3.8) is 0 Å². The Morgan fingerprint density at radius 2 is 1.74 bits per heavy atom. The summed E-state index contributed by atoms with van der Waals surface area (Å²) in [5, 5.41) is 0. The van der Waals surface area contributed by atoms with Gasteiger partial charge in [-0.1, -0.05) is 30.3 Å². The number of aromatic nitrogens is 1. The molecule has 2 aromatic rings. The Morgan fingerprint density at radius 3 is 2.40 bits per heavy atom. The van der Waals surface area contributed by atoms with Crippen LogP contribution in [0.25, 0.3) is 0 Å². The van der Waals surface area contributed by atoms with Crippen LogP contribution in [0.15, 0.2) is 42.6 Å². The number of rotatable bonds is 6. The van der Waals surface area contributed by atoms with Gasteiger partial charge in [-0.25, -0.2) is 0 Å². The highest BCUT2D eigenvalue weighted by Gasteiger charge is 2.44. The summed E-state index contributed by atoms with van der Waals surface area (Å²) in [6, 6.07) is 12.6. The lowest BCUT2D eigenvalue weighted by atomic mass is 9.87. The van der Waals surface area contributed by atoms with Crippen molar-refractivity contribution in [3.8, 4) is 0 Å². The third-order valence-corrected chi connectivity index (χ3v) is 8.46. The van der Waals surface area contributed by atoms with Crippen LogP contribution < -0.4 is 0 Å². The van der Waals surface area contributed by atoms with Gasteiger partial charge in [-0.2, -0.15) is 0 Å². The Bertz CT molecular complexity index is 1050. The van der Waals surface area contributed by atoms with E-state index in [1.807, 2.05) is 30.9 Å². The van der Waals surface area contributed by atoms with Gasteiger partial charge in [0.2, 0.25) is 5.91 Å². The van der Waals surface area contributed by atoms with Crippen LogP contribution in [0.4, 0.5) is 0 Å². The fourth-order valence-corrected chi connectivity index (χ4v) is 5.90. The summed E-state index contributed by atoms with van der Waals surface area (Å²) in [4.78, 5) is 37.6. The maximum absolute atomic E-state index is 13.3. The summed E-state index contributed by atoms with van der Waals surface area (Å²) < 4.78 is 0. The molecule has 0 unspecified atom stereocenters. The molecule has 35 heavy (non-hydrogen) atoms. The van der Waals surface area contributed by atoms with Crippen LogP contribution in [0.5, 0.6) is 0 Å². The first kappa shape index (κ1) is 24.0. The minimum Gasteiger partial charge on any atom is -0.338 e. The Kier molecular flexibility index (Phi) is 6.67. The number of nitrogens with zero attached hydrogens (tertiary/aromatic N) is 4. The van der Waals surface area contributed by atoms with Gasteiger partial charge in [0.05, 0.1) is 11.3 Å². The lowest BCUT2D eigenvalue weighted by Gasteiger charge is -2.45. The second-order valence-corrected chi connectivity index (χ2v) is 11.0. The van der Waals surface area contributed by atoms with Crippen LogP contribution in [0.3, 0.4) is 0 Å². The first-order chi connectivity index (χ1) is 16.9. The predicted octanol–water partition coefficient (Wildman–Crippen LogP) is 4.21. The molecule has 3 heterocycles. The summed E-state index contributed by atoms with van der Waals surface area (Å²) in [6.45, 7) is 10.4. The molecule has 2 saturated heterocycles. The summed E-state index contributed by atoms with van der Waals surface area (Å²) in [7, 11) is 0. The molecule has 0 spiro atoms. The van der Waals surface area contributed by atoms with E-state index in [0.717, 1.165) is 75.1 Å². The number of carbonyl (C=O) groups is 2.